The van der Waals surface area contributed by atoms with Gasteiger partial charge in [-0.1, -0.05) is 23.4 Å². The Hall–Kier alpha value is -4.81. The van der Waals surface area contributed by atoms with Crippen LogP contribution in [-0.4, -0.2) is 66.7 Å². The minimum absolute atomic E-state index is 0.0509. The van der Waals surface area contributed by atoms with Crippen LogP contribution in [0.4, 0.5) is 5.82 Å². The predicted octanol–water partition coefficient (Wildman–Crippen LogP) is 5.08. The predicted molar refractivity (Wildman–Crippen MR) is 176 cm³/mol. The van der Waals surface area contributed by atoms with E-state index in [-0.39, 0.29) is 34.2 Å². The van der Waals surface area contributed by atoms with Crippen LogP contribution in [0.2, 0.25) is 5.02 Å². The van der Waals surface area contributed by atoms with E-state index in [0.717, 1.165) is 41.9 Å². The molecule has 0 unspecified atom stereocenters. The van der Waals surface area contributed by atoms with Crippen molar-refractivity contribution in [3.8, 4) is 29.0 Å². The Bertz CT molecular complexity index is 2290. The summed E-state index contributed by atoms with van der Waals surface area (Å²) in [4.78, 5) is 43.9. The SMILES string of the molecule is Cc1nc2cnc(N3CC4(CCN4C4CC4)C3)c(C#N)c2c(=O)n1CC#Cc1ccc(Cl)cc1-c1ccnc2c(C(=O)O)csc12. The number of nitrogens with zero attached hydrogens (tertiary/aromatic N) is 7. The molecule has 1 aliphatic carbocycles. The smallest absolute Gasteiger partial charge is 0.338 e. The third-order valence-corrected chi connectivity index (χ3v) is 10.6. The average molecular weight is 648 g/mol. The Morgan fingerprint density at radius 1 is 1.22 bits per heavy atom. The third-order valence-electron chi connectivity index (χ3n) is 9.38. The fourth-order valence-corrected chi connectivity index (χ4v) is 8.07. The molecule has 3 fully saturated rings. The maximum Gasteiger partial charge on any atom is 0.338 e. The number of fused-ring (bicyclic) bond motifs is 2. The lowest BCUT2D eigenvalue weighted by Crippen LogP contribution is -2.77. The largest absolute Gasteiger partial charge is 0.478 e. The third kappa shape index (κ3) is 4.46. The summed E-state index contributed by atoms with van der Waals surface area (Å²) >= 11 is 7.68. The van der Waals surface area contributed by atoms with E-state index in [9.17, 15) is 20.0 Å². The lowest BCUT2D eigenvalue weighted by Gasteiger charge is -2.63. The molecular formula is C34H26ClN7O3S. The Labute approximate surface area is 272 Å². The summed E-state index contributed by atoms with van der Waals surface area (Å²) in [6, 6.07) is 10.1. The Kier molecular flexibility index (Phi) is 6.62. The molecule has 8 rings (SSSR count). The van der Waals surface area contributed by atoms with Crippen molar-refractivity contribution in [3.63, 3.8) is 0 Å². The van der Waals surface area contributed by atoms with Gasteiger partial charge >= 0.3 is 5.97 Å². The molecule has 1 N–H and O–H groups in total. The highest BCUT2D eigenvalue weighted by atomic mass is 35.5. The molecule has 2 aliphatic heterocycles. The first kappa shape index (κ1) is 28.6. The number of hydrogen-bond acceptors (Lipinski definition) is 9. The van der Waals surface area contributed by atoms with Crippen LogP contribution in [0.5, 0.6) is 0 Å². The second kappa shape index (κ2) is 10.6. The number of nitriles is 1. The molecule has 0 amide bonds. The van der Waals surface area contributed by atoms with Crippen LogP contribution in [0.3, 0.4) is 0 Å². The number of hydrogen-bond donors (Lipinski definition) is 1. The fraction of sp³-hybridized carbons (Fsp3) is 0.294. The van der Waals surface area contributed by atoms with Crippen LogP contribution in [0.15, 0.2) is 46.8 Å². The van der Waals surface area contributed by atoms with Crippen molar-refractivity contribution >= 4 is 55.8 Å². The number of anilines is 1. The standard InChI is InChI=1S/C34H26ClN7O3S/c1-19-39-27-15-38-31(40-17-34(18-40)9-12-42(34)22-6-7-22)25(14-36)28(27)32(43)41(19)11-2-3-20-4-5-21(35)13-24(20)23-8-10-37-29-26(33(44)45)16-46-30(23)29/h4-5,8,10,13,15-16,22H,6-7,9,11-12,17-18H2,1H3,(H,44,45). The fourth-order valence-electron chi connectivity index (χ4n) is 6.87. The van der Waals surface area contributed by atoms with Gasteiger partial charge in [0.2, 0.25) is 0 Å². The van der Waals surface area contributed by atoms with E-state index in [2.05, 4.69) is 42.7 Å². The Morgan fingerprint density at radius 3 is 2.76 bits per heavy atom. The number of aromatic nitrogens is 4. The number of carbonyl (C=O) groups is 1. The second-order valence-electron chi connectivity index (χ2n) is 12.1. The van der Waals surface area contributed by atoms with E-state index in [0.29, 0.717) is 39.3 Å². The maximum atomic E-state index is 13.9. The van der Waals surface area contributed by atoms with Gasteiger partial charge in [0.05, 0.1) is 45.0 Å². The normalized spacial score (nSPS) is 16.9. The topological polar surface area (TPSA) is 128 Å². The van der Waals surface area contributed by atoms with Crippen molar-refractivity contribution in [2.24, 2.45) is 0 Å². The van der Waals surface area contributed by atoms with E-state index in [1.807, 2.05) is 6.07 Å². The van der Waals surface area contributed by atoms with Gasteiger partial charge in [-0.2, -0.15) is 5.26 Å². The Balaban J connectivity index is 1.13. The number of likely N-dealkylation sites (tertiary alicyclic amines) is 1. The first-order valence-corrected chi connectivity index (χ1v) is 16.2. The van der Waals surface area contributed by atoms with Crippen molar-refractivity contribution in [1.82, 2.24) is 24.4 Å². The molecule has 1 spiro atoms. The number of aromatic carboxylic acids is 1. The lowest BCUT2D eigenvalue weighted by molar-refractivity contribution is -0.0434. The molecule has 12 heteroatoms. The summed E-state index contributed by atoms with van der Waals surface area (Å²) < 4.78 is 2.20. The zero-order valence-corrected chi connectivity index (χ0v) is 26.3. The first-order valence-electron chi connectivity index (χ1n) is 15.0. The summed E-state index contributed by atoms with van der Waals surface area (Å²) in [5.74, 6) is 6.27. The van der Waals surface area contributed by atoms with Gasteiger partial charge in [-0.15, -0.1) is 11.3 Å². The summed E-state index contributed by atoms with van der Waals surface area (Å²) in [6.45, 7) is 4.55. The average Bonchev–Trinajstić information content (AvgIpc) is 3.72. The van der Waals surface area contributed by atoms with Gasteiger partial charge in [-0.05, 0) is 50.5 Å². The molecule has 0 atom stereocenters. The monoisotopic (exact) mass is 647 g/mol. The second-order valence-corrected chi connectivity index (χ2v) is 13.4. The van der Waals surface area contributed by atoms with E-state index in [4.69, 9.17) is 11.6 Å². The summed E-state index contributed by atoms with van der Waals surface area (Å²) in [6.07, 6.45) is 6.85. The van der Waals surface area contributed by atoms with Gasteiger partial charge < -0.3 is 10.0 Å². The van der Waals surface area contributed by atoms with Crippen molar-refractivity contribution in [2.75, 3.05) is 24.5 Å². The van der Waals surface area contributed by atoms with Crippen molar-refractivity contribution < 1.29 is 9.90 Å². The molecule has 6 heterocycles. The number of rotatable bonds is 5. The number of halogens is 1. The number of carboxylic acid groups (broad SMARTS) is 1. The van der Waals surface area contributed by atoms with Gasteiger partial charge in [0.25, 0.3) is 5.56 Å². The summed E-state index contributed by atoms with van der Waals surface area (Å²) in [7, 11) is 0. The highest BCUT2D eigenvalue weighted by Gasteiger charge is 2.57. The molecular weight excluding hydrogens is 622 g/mol. The van der Waals surface area contributed by atoms with E-state index in [1.165, 1.54) is 28.7 Å². The zero-order chi connectivity index (χ0) is 31.7. The minimum Gasteiger partial charge on any atom is -0.478 e. The number of pyridine rings is 2. The number of thiophene rings is 1. The highest BCUT2D eigenvalue weighted by Crippen LogP contribution is 2.47. The van der Waals surface area contributed by atoms with Crippen LogP contribution in [0.25, 0.3) is 32.2 Å². The van der Waals surface area contributed by atoms with Crippen LogP contribution >= 0.6 is 22.9 Å². The van der Waals surface area contributed by atoms with Crippen molar-refractivity contribution in [1.29, 1.82) is 5.26 Å². The van der Waals surface area contributed by atoms with Crippen LogP contribution in [0.1, 0.15) is 46.6 Å². The molecule has 0 radical (unpaired) electrons. The van der Waals surface area contributed by atoms with Crippen LogP contribution in [0, 0.1) is 30.1 Å². The quantitative estimate of drug-likeness (QED) is 0.260. The van der Waals surface area contributed by atoms with E-state index < -0.39 is 5.97 Å². The molecule has 1 aromatic carbocycles. The number of aryl methyl sites for hydroxylation is 1. The highest BCUT2D eigenvalue weighted by molar-refractivity contribution is 7.18. The maximum absolute atomic E-state index is 13.9. The van der Waals surface area contributed by atoms with Gasteiger partial charge in [-0.25, -0.2) is 14.8 Å². The number of carboxylic acids is 1. The zero-order valence-electron chi connectivity index (χ0n) is 24.7. The molecule has 0 bridgehead atoms. The van der Waals surface area contributed by atoms with Crippen molar-refractivity contribution in [2.45, 2.75) is 44.3 Å². The molecule has 2 saturated heterocycles. The molecule has 228 valence electrons. The van der Waals surface area contributed by atoms with Crippen LogP contribution in [-0.2, 0) is 6.54 Å². The molecule has 1 saturated carbocycles. The van der Waals surface area contributed by atoms with Crippen LogP contribution < -0.4 is 10.5 Å². The molecule has 3 aliphatic rings. The number of benzene rings is 1. The van der Waals surface area contributed by atoms with E-state index in [1.54, 1.807) is 42.9 Å². The van der Waals surface area contributed by atoms with E-state index >= 15 is 0 Å². The molecule has 4 aromatic heterocycles. The Morgan fingerprint density at radius 2 is 2.04 bits per heavy atom. The summed E-state index contributed by atoms with van der Waals surface area (Å²) in [5, 5.41) is 22.2. The molecule has 5 aromatic rings. The summed E-state index contributed by atoms with van der Waals surface area (Å²) in [5.41, 5.74) is 3.19. The van der Waals surface area contributed by atoms with Gasteiger partial charge in [-0.3, -0.25) is 19.2 Å². The lowest BCUT2D eigenvalue weighted by atomic mass is 9.77. The van der Waals surface area contributed by atoms with Gasteiger partial charge in [0.15, 0.2) is 0 Å². The van der Waals surface area contributed by atoms with Crippen molar-refractivity contribution in [3.05, 3.63) is 79.9 Å². The van der Waals surface area contributed by atoms with Gasteiger partial charge in [0, 0.05) is 59.0 Å². The molecule has 10 nitrogen and oxygen atoms in total. The minimum atomic E-state index is -1.04. The van der Waals surface area contributed by atoms with Gasteiger partial charge in [0.1, 0.15) is 23.3 Å². The first-order chi connectivity index (χ1) is 22.3. The molecule has 46 heavy (non-hydrogen) atoms.